The summed E-state index contributed by atoms with van der Waals surface area (Å²) in [5.74, 6) is 0.786. The van der Waals surface area contributed by atoms with Gasteiger partial charge >= 0.3 is 0 Å². The van der Waals surface area contributed by atoms with Crippen molar-refractivity contribution in [1.29, 1.82) is 0 Å². The highest BCUT2D eigenvalue weighted by atomic mass is 32.1. The van der Waals surface area contributed by atoms with Crippen LogP contribution >= 0.6 is 25.3 Å². The normalized spacial score (nSPS) is 9.90. The highest BCUT2D eigenvalue weighted by Gasteiger charge is 1.93. The highest BCUT2D eigenvalue weighted by molar-refractivity contribution is 7.80. The van der Waals surface area contributed by atoms with Crippen LogP contribution in [-0.4, -0.2) is 0 Å². The number of thiol groups is 2. The summed E-state index contributed by atoms with van der Waals surface area (Å²) >= 11 is 8.45. The minimum Gasteiger partial charge on any atom is -0.175 e. The molecule has 1 rings (SSSR count). The van der Waals surface area contributed by atoms with Gasteiger partial charge in [-0.25, -0.2) is 0 Å². The van der Waals surface area contributed by atoms with Crippen LogP contribution in [0.4, 0.5) is 0 Å². The van der Waals surface area contributed by atoms with Crippen molar-refractivity contribution in [2.75, 3.05) is 0 Å². The van der Waals surface area contributed by atoms with Crippen LogP contribution in [0.2, 0.25) is 0 Å². The van der Waals surface area contributed by atoms with E-state index in [1.165, 1.54) is 11.1 Å². The van der Waals surface area contributed by atoms with Crippen LogP contribution in [0.1, 0.15) is 11.1 Å². The molecule has 2 heteroatoms. The van der Waals surface area contributed by atoms with Crippen LogP contribution in [0.5, 0.6) is 0 Å². The van der Waals surface area contributed by atoms with Crippen LogP contribution in [0.15, 0.2) is 23.1 Å². The molecule has 0 N–H and O–H groups in total. The quantitative estimate of drug-likeness (QED) is 0.595. The lowest BCUT2D eigenvalue weighted by atomic mass is 10.2. The third-order valence-electron chi connectivity index (χ3n) is 1.46. The topological polar surface area (TPSA) is 0 Å². The Morgan fingerprint density at radius 2 is 2.10 bits per heavy atom. The third-order valence-corrected chi connectivity index (χ3v) is 2.30. The van der Waals surface area contributed by atoms with Gasteiger partial charge < -0.3 is 0 Å². The van der Waals surface area contributed by atoms with E-state index >= 15 is 0 Å². The summed E-state index contributed by atoms with van der Waals surface area (Å²) in [4.78, 5) is 1.05. The van der Waals surface area contributed by atoms with E-state index in [9.17, 15) is 0 Å². The molecule has 54 valence electrons. The molecule has 0 saturated heterocycles. The molecule has 0 nitrogen and oxygen atoms in total. The van der Waals surface area contributed by atoms with Gasteiger partial charge in [-0.1, -0.05) is 12.1 Å². The predicted molar refractivity (Wildman–Crippen MR) is 51.1 cm³/mol. The summed E-state index contributed by atoms with van der Waals surface area (Å²) < 4.78 is 0. The molecule has 0 bridgehead atoms. The second-order valence-corrected chi connectivity index (χ2v) is 3.08. The maximum atomic E-state index is 4.29. The zero-order valence-corrected chi connectivity index (χ0v) is 7.62. The highest BCUT2D eigenvalue weighted by Crippen LogP contribution is 2.15. The van der Waals surface area contributed by atoms with Gasteiger partial charge in [-0.3, -0.25) is 0 Å². The fraction of sp³-hybridized carbons (Fsp3) is 0.250. The molecule has 0 aliphatic carbocycles. The van der Waals surface area contributed by atoms with E-state index in [0.29, 0.717) is 0 Å². The Balaban J connectivity index is 3.04. The molecule has 0 fully saturated rings. The zero-order chi connectivity index (χ0) is 7.56. The van der Waals surface area contributed by atoms with Crippen molar-refractivity contribution in [3.05, 3.63) is 29.3 Å². The van der Waals surface area contributed by atoms with Crippen LogP contribution in [0.25, 0.3) is 0 Å². The maximum absolute atomic E-state index is 4.29. The molecule has 1 aromatic rings. The van der Waals surface area contributed by atoms with Crippen molar-refractivity contribution in [1.82, 2.24) is 0 Å². The molecule has 0 heterocycles. The molecule has 0 spiro atoms. The summed E-state index contributed by atoms with van der Waals surface area (Å²) in [5, 5.41) is 0. The molecule has 1 aromatic carbocycles. The van der Waals surface area contributed by atoms with E-state index in [1.54, 1.807) is 0 Å². The van der Waals surface area contributed by atoms with Gasteiger partial charge in [0.2, 0.25) is 0 Å². The van der Waals surface area contributed by atoms with E-state index in [1.807, 2.05) is 13.0 Å². The SMILES string of the molecule is Cc1ccc(CS)cc1S. The molecule has 0 amide bonds. The van der Waals surface area contributed by atoms with E-state index in [2.05, 4.69) is 37.4 Å². The predicted octanol–water partition coefficient (Wildman–Crippen LogP) is 2.71. The van der Waals surface area contributed by atoms with Crippen LogP contribution in [0.3, 0.4) is 0 Å². The number of benzene rings is 1. The van der Waals surface area contributed by atoms with Crippen molar-refractivity contribution in [2.45, 2.75) is 17.6 Å². The molecule has 0 aliphatic heterocycles. The fourth-order valence-electron chi connectivity index (χ4n) is 0.753. The minimum absolute atomic E-state index is 0.786. The fourth-order valence-corrected chi connectivity index (χ4v) is 1.19. The Hall–Kier alpha value is -0.0800. The van der Waals surface area contributed by atoms with E-state index in [-0.39, 0.29) is 0 Å². The van der Waals surface area contributed by atoms with Crippen LogP contribution < -0.4 is 0 Å². The number of rotatable bonds is 1. The molecule has 0 saturated carbocycles. The van der Waals surface area contributed by atoms with Gasteiger partial charge in [0.05, 0.1) is 0 Å². The summed E-state index contributed by atoms with van der Waals surface area (Å²) in [6, 6.07) is 6.18. The van der Waals surface area contributed by atoms with Gasteiger partial charge in [0.1, 0.15) is 0 Å². The lowest BCUT2D eigenvalue weighted by Gasteiger charge is -2.00. The Labute approximate surface area is 72.5 Å². The van der Waals surface area contributed by atoms with Gasteiger partial charge in [0.15, 0.2) is 0 Å². The van der Waals surface area contributed by atoms with E-state index < -0.39 is 0 Å². The van der Waals surface area contributed by atoms with Gasteiger partial charge in [0.25, 0.3) is 0 Å². The molecule has 0 atom stereocenters. The first-order valence-electron chi connectivity index (χ1n) is 3.13. The number of aryl methyl sites for hydroxylation is 1. The lowest BCUT2D eigenvalue weighted by molar-refractivity contribution is 1.26. The van der Waals surface area contributed by atoms with Gasteiger partial charge in [-0.2, -0.15) is 12.6 Å². The van der Waals surface area contributed by atoms with Gasteiger partial charge in [-0.05, 0) is 24.1 Å². The van der Waals surface area contributed by atoms with E-state index in [0.717, 1.165) is 10.6 Å². The first-order chi connectivity index (χ1) is 4.74. The van der Waals surface area contributed by atoms with Crippen molar-refractivity contribution in [2.24, 2.45) is 0 Å². The Morgan fingerprint density at radius 3 is 2.60 bits per heavy atom. The number of hydrogen-bond acceptors (Lipinski definition) is 2. The molecular weight excluding hydrogens is 160 g/mol. The van der Waals surface area contributed by atoms with Crippen molar-refractivity contribution >= 4 is 25.3 Å². The first-order valence-corrected chi connectivity index (χ1v) is 4.21. The van der Waals surface area contributed by atoms with Gasteiger partial charge in [0, 0.05) is 10.6 Å². The standard InChI is InChI=1S/C8H10S2/c1-6-2-3-7(5-9)4-8(6)10/h2-4,9-10H,5H2,1H3. The lowest BCUT2D eigenvalue weighted by Crippen LogP contribution is -1.80. The second-order valence-electron chi connectivity index (χ2n) is 2.28. The maximum Gasteiger partial charge on any atom is 0.0154 e. The van der Waals surface area contributed by atoms with Gasteiger partial charge in [-0.15, -0.1) is 12.6 Å². The average Bonchev–Trinajstić information content (AvgIpc) is 1.95. The monoisotopic (exact) mass is 170 g/mol. The average molecular weight is 170 g/mol. The van der Waals surface area contributed by atoms with E-state index in [4.69, 9.17) is 0 Å². The van der Waals surface area contributed by atoms with Crippen LogP contribution in [0, 0.1) is 6.92 Å². The summed E-state index contributed by atoms with van der Waals surface area (Å²) in [7, 11) is 0. The Morgan fingerprint density at radius 1 is 1.40 bits per heavy atom. The summed E-state index contributed by atoms with van der Waals surface area (Å²) in [6.07, 6.45) is 0. The minimum atomic E-state index is 0.786. The summed E-state index contributed by atoms with van der Waals surface area (Å²) in [5.41, 5.74) is 2.44. The largest absolute Gasteiger partial charge is 0.175 e. The second kappa shape index (κ2) is 3.35. The molecule has 0 unspecified atom stereocenters. The molecule has 10 heavy (non-hydrogen) atoms. The van der Waals surface area contributed by atoms with Crippen molar-refractivity contribution < 1.29 is 0 Å². The first kappa shape index (κ1) is 8.02. The van der Waals surface area contributed by atoms with Crippen LogP contribution in [-0.2, 0) is 5.75 Å². The van der Waals surface area contributed by atoms with Crippen molar-refractivity contribution in [3.8, 4) is 0 Å². The Kier molecular flexibility index (Phi) is 2.69. The number of hydrogen-bond donors (Lipinski definition) is 2. The molecular formula is C8H10S2. The molecule has 0 aliphatic rings. The zero-order valence-electron chi connectivity index (χ0n) is 5.83. The molecule has 0 aromatic heterocycles. The smallest absolute Gasteiger partial charge is 0.0154 e. The summed E-state index contributed by atoms with van der Waals surface area (Å²) in [6.45, 7) is 2.05. The molecule has 0 radical (unpaired) electrons. The third kappa shape index (κ3) is 1.70. The Bertz CT molecular complexity index is 231. The van der Waals surface area contributed by atoms with Crippen molar-refractivity contribution in [3.63, 3.8) is 0 Å².